The first-order valence-electron chi connectivity index (χ1n) is 5.25. The molecular formula is C11H17ClN2O2S. The molecule has 3 N–H and O–H groups in total. The average molecular weight is 277 g/mol. The van der Waals surface area contributed by atoms with E-state index in [1.54, 1.807) is 6.07 Å². The summed E-state index contributed by atoms with van der Waals surface area (Å²) in [4.78, 5) is 12.3. The van der Waals surface area contributed by atoms with E-state index < -0.39 is 11.7 Å². The van der Waals surface area contributed by atoms with Crippen molar-refractivity contribution in [2.45, 2.75) is 32.4 Å². The maximum absolute atomic E-state index is 11.4. The number of nitrogens with one attached hydrogen (secondary N) is 1. The van der Waals surface area contributed by atoms with E-state index in [2.05, 4.69) is 5.32 Å². The molecule has 0 spiro atoms. The van der Waals surface area contributed by atoms with Crippen molar-refractivity contribution in [3.63, 3.8) is 0 Å². The van der Waals surface area contributed by atoms with Crippen LogP contribution in [0.25, 0.3) is 0 Å². The van der Waals surface area contributed by atoms with Crippen molar-refractivity contribution in [1.82, 2.24) is 5.32 Å². The summed E-state index contributed by atoms with van der Waals surface area (Å²) in [7, 11) is 0. The van der Waals surface area contributed by atoms with Crippen LogP contribution in [0.4, 0.5) is 4.79 Å². The molecule has 0 bridgehead atoms. The van der Waals surface area contributed by atoms with Crippen LogP contribution in [0.15, 0.2) is 12.1 Å². The van der Waals surface area contributed by atoms with Crippen LogP contribution in [0.1, 0.15) is 31.7 Å². The predicted molar refractivity (Wildman–Crippen MR) is 70.5 cm³/mol. The lowest BCUT2D eigenvalue weighted by molar-refractivity contribution is 0.0524. The Morgan fingerprint density at radius 1 is 1.59 bits per heavy atom. The fraction of sp³-hybridized carbons (Fsp3) is 0.545. The smallest absolute Gasteiger partial charge is 0.407 e. The SMILES string of the molecule is CC(C)(C)OC(=O)NCC(N)c1ccc(Cl)s1. The van der Waals surface area contributed by atoms with Gasteiger partial charge in [0.05, 0.1) is 10.4 Å². The van der Waals surface area contributed by atoms with E-state index in [0.29, 0.717) is 10.9 Å². The number of ether oxygens (including phenoxy) is 1. The number of halogens is 1. The molecule has 1 amide bonds. The monoisotopic (exact) mass is 276 g/mol. The Hall–Kier alpha value is -0.780. The molecular weight excluding hydrogens is 260 g/mol. The van der Waals surface area contributed by atoms with E-state index in [0.717, 1.165) is 4.88 Å². The molecule has 1 heterocycles. The summed E-state index contributed by atoms with van der Waals surface area (Å²) < 4.78 is 5.79. The molecule has 0 aliphatic heterocycles. The largest absolute Gasteiger partial charge is 0.444 e. The van der Waals surface area contributed by atoms with Crippen LogP contribution in [0.5, 0.6) is 0 Å². The summed E-state index contributed by atoms with van der Waals surface area (Å²) in [6, 6.07) is 3.38. The van der Waals surface area contributed by atoms with Crippen molar-refractivity contribution >= 4 is 29.0 Å². The third kappa shape index (κ3) is 5.39. The Labute approximate surface area is 110 Å². The Morgan fingerprint density at radius 3 is 2.71 bits per heavy atom. The molecule has 0 aromatic carbocycles. The van der Waals surface area contributed by atoms with Gasteiger partial charge in [-0.1, -0.05) is 11.6 Å². The van der Waals surface area contributed by atoms with Gasteiger partial charge in [0.15, 0.2) is 0 Å². The Morgan fingerprint density at radius 2 is 2.24 bits per heavy atom. The number of alkyl carbamates (subject to hydrolysis) is 1. The maximum atomic E-state index is 11.4. The van der Waals surface area contributed by atoms with E-state index >= 15 is 0 Å². The third-order valence-corrected chi connectivity index (χ3v) is 3.19. The molecule has 0 radical (unpaired) electrons. The number of hydrogen-bond donors (Lipinski definition) is 2. The highest BCUT2D eigenvalue weighted by molar-refractivity contribution is 7.16. The molecule has 4 nitrogen and oxygen atoms in total. The average Bonchev–Trinajstić information content (AvgIpc) is 2.58. The second-order valence-electron chi connectivity index (χ2n) is 4.63. The Bertz CT molecular complexity index is 387. The second-order valence-corrected chi connectivity index (χ2v) is 6.38. The number of amides is 1. The first-order chi connectivity index (χ1) is 7.78. The lowest BCUT2D eigenvalue weighted by Gasteiger charge is -2.20. The summed E-state index contributed by atoms with van der Waals surface area (Å²) in [5.41, 5.74) is 5.40. The molecule has 6 heteroatoms. The van der Waals surface area contributed by atoms with Crippen molar-refractivity contribution in [2.75, 3.05) is 6.54 Å². The molecule has 1 atom stereocenters. The van der Waals surface area contributed by atoms with E-state index in [4.69, 9.17) is 22.1 Å². The van der Waals surface area contributed by atoms with Crippen LogP contribution < -0.4 is 11.1 Å². The molecule has 0 saturated carbocycles. The van der Waals surface area contributed by atoms with Gasteiger partial charge in [0.2, 0.25) is 0 Å². The maximum Gasteiger partial charge on any atom is 0.407 e. The molecule has 1 aromatic rings. The quantitative estimate of drug-likeness (QED) is 0.892. The molecule has 1 rings (SSSR count). The predicted octanol–water partition coefficient (Wildman–Crippen LogP) is 2.93. The molecule has 0 aliphatic carbocycles. The lowest BCUT2D eigenvalue weighted by atomic mass is 10.2. The summed E-state index contributed by atoms with van der Waals surface area (Å²) in [5.74, 6) is 0. The van der Waals surface area contributed by atoms with E-state index in [-0.39, 0.29) is 6.04 Å². The molecule has 0 fully saturated rings. The number of carbonyl (C=O) groups excluding carboxylic acids is 1. The van der Waals surface area contributed by atoms with Crippen LogP contribution in [-0.4, -0.2) is 18.2 Å². The topological polar surface area (TPSA) is 64.3 Å². The molecule has 96 valence electrons. The Kier molecular flexibility index (Phi) is 4.80. The van der Waals surface area contributed by atoms with Gasteiger partial charge in [0.1, 0.15) is 5.60 Å². The minimum absolute atomic E-state index is 0.264. The van der Waals surface area contributed by atoms with Gasteiger partial charge in [-0.2, -0.15) is 0 Å². The fourth-order valence-corrected chi connectivity index (χ4v) is 2.20. The molecule has 17 heavy (non-hydrogen) atoms. The van der Waals surface area contributed by atoms with Crippen LogP contribution >= 0.6 is 22.9 Å². The zero-order valence-corrected chi connectivity index (χ0v) is 11.7. The third-order valence-electron chi connectivity index (χ3n) is 1.82. The zero-order chi connectivity index (χ0) is 13.1. The van der Waals surface area contributed by atoms with Crippen molar-refractivity contribution in [3.05, 3.63) is 21.3 Å². The van der Waals surface area contributed by atoms with Gasteiger partial charge in [-0.25, -0.2) is 4.79 Å². The van der Waals surface area contributed by atoms with Crippen molar-refractivity contribution in [2.24, 2.45) is 5.73 Å². The number of nitrogens with two attached hydrogens (primary N) is 1. The number of rotatable bonds is 3. The fourth-order valence-electron chi connectivity index (χ4n) is 1.14. The minimum Gasteiger partial charge on any atom is -0.444 e. The van der Waals surface area contributed by atoms with Gasteiger partial charge in [-0.05, 0) is 32.9 Å². The number of carbonyl (C=O) groups is 1. The van der Waals surface area contributed by atoms with Gasteiger partial charge in [-0.15, -0.1) is 11.3 Å². The standard InChI is InChI=1S/C11H17ClN2O2S/c1-11(2,3)16-10(15)14-6-7(13)8-4-5-9(12)17-8/h4-5,7H,6,13H2,1-3H3,(H,14,15). The second kappa shape index (κ2) is 5.71. The molecule has 0 aliphatic rings. The van der Waals surface area contributed by atoms with Gasteiger partial charge >= 0.3 is 6.09 Å². The highest BCUT2D eigenvalue weighted by atomic mass is 35.5. The zero-order valence-electron chi connectivity index (χ0n) is 10.1. The summed E-state index contributed by atoms with van der Waals surface area (Å²) in [6.45, 7) is 5.76. The Balaban J connectivity index is 2.38. The first-order valence-corrected chi connectivity index (χ1v) is 6.45. The minimum atomic E-state index is -0.500. The molecule has 0 saturated heterocycles. The van der Waals surface area contributed by atoms with Gasteiger partial charge in [0.25, 0.3) is 0 Å². The van der Waals surface area contributed by atoms with E-state index in [9.17, 15) is 4.79 Å². The van der Waals surface area contributed by atoms with Gasteiger partial charge < -0.3 is 15.8 Å². The van der Waals surface area contributed by atoms with Crippen LogP contribution in [0.2, 0.25) is 4.34 Å². The van der Waals surface area contributed by atoms with Crippen molar-refractivity contribution in [3.8, 4) is 0 Å². The van der Waals surface area contributed by atoms with Crippen molar-refractivity contribution < 1.29 is 9.53 Å². The van der Waals surface area contributed by atoms with Crippen LogP contribution in [0.3, 0.4) is 0 Å². The number of thiophene rings is 1. The summed E-state index contributed by atoms with van der Waals surface area (Å²) in [5, 5.41) is 2.62. The lowest BCUT2D eigenvalue weighted by Crippen LogP contribution is -2.36. The van der Waals surface area contributed by atoms with E-state index in [1.165, 1.54) is 11.3 Å². The van der Waals surface area contributed by atoms with Crippen LogP contribution in [-0.2, 0) is 4.74 Å². The first kappa shape index (κ1) is 14.3. The molecule has 1 aromatic heterocycles. The highest BCUT2D eigenvalue weighted by Gasteiger charge is 2.17. The normalized spacial score (nSPS) is 13.2. The summed E-state index contributed by atoms with van der Waals surface area (Å²) in [6.07, 6.45) is -0.462. The highest BCUT2D eigenvalue weighted by Crippen LogP contribution is 2.25. The van der Waals surface area contributed by atoms with E-state index in [1.807, 2.05) is 26.8 Å². The van der Waals surface area contributed by atoms with Gasteiger partial charge in [-0.3, -0.25) is 0 Å². The summed E-state index contributed by atoms with van der Waals surface area (Å²) >= 11 is 7.21. The van der Waals surface area contributed by atoms with Crippen molar-refractivity contribution in [1.29, 1.82) is 0 Å². The number of hydrogen-bond acceptors (Lipinski definition) is 4. The van der Waals surface area contributed by atoms with Crippen LogP contribution in [0, 0.1) is 0 Å². The molecule has 1 unspecified atom stereocenters. The van der Waals surface area contributed by atoms with Gasteiger partial charge in [0, 0.05) is 11.4 Å².